The fourth-order valence-corrected chi connectivity index (χ4v) is 2.35. The van der Waals surface area contributed by atoms with Gasteiger partial charge in [0.1, 0.15) is 11.5 Å². The smallest absolute Gasteiger partial charge is 0.279 e. The van der Waals surface area contributed by atoms with E-state index in [1.165, 1.54) is 0 Å². The molecule has 27 heavy (non-hydrogen) atoms. The Balaban J connectivity index is 1.84. The van der Waals surface area contributed by atoms with Crippen molar-refractivity contribution in [1.82, 2.24) is 10.9 Å². The van der Waals surface area contributed by atoms with Gasteiger partial charge in [-0.1, -0.05) is 26.0 Å². The van der Waals surface area contributed by atoms with E-state index in [1.54, 1.807) is 43.3 Å². The van der Waals surface area contributed by atoms with E-state index in [2.05, 4.69) is 24.7 Å². The summed E-state index contributed by atoms with van der Waals surface area (Å²) in [5, 5.41) is 0. The largest absolute Gasteiger partial charge is 0.494 e. The topological polar surface area (TPSA) is 76.7 Å². The highest BCUT2D eigenvalue weighted by molar-refractivity contribution is 5.95. The molecule has 2 aromatic carbocycles. The van der Waals surface area contributed by atoms with Crippen LogP contribution in [0.5, 0.6) is 11.5 Å². The highest BCUT2D eigenvalue weighted by Crippen LogP contribution is 2.18. The maximum atomic E-state index is 12.1. The minimum absolute atomic E-state index is 0.382. The van der Waals surface area contributed by atoms with Gasteiger partial charge in [-0.2, -0.15) is 0 Å². The summed E-state index contributed by atoms with van der Waals surface area (Å²) in [5.74, 6) is 0.833. The van der Waals surface area contributed by atoms with Gasteiger partial charge in [-0.05, 0) is 61.7 Å². The average Bonchev–Trinajstić information content (AvgIpc) is 2.67. The molecule has 0 heterocycles. The summed E-state index contributed by atoms with van der Waals surface area (Å²) in [7, 11) is 0. The maximum absolute atomic E-state index is 12.1. The van der Waals surface area contributed by atoms with Crippen molar-refractivity contribution in [3.63, 3.8) is 0 Å². The van der Waals surface area contributed by atoms with Crippen LogP contribution in [0.1, 0.15) is 49.5 Å². The second-order valence-corrected chi connectivity index (χ2v) is 6.38. The average molecular weight is 370 g/mol. The Bertz CT molecular complexity index is 755. The molecule has 0 aliphatic rings. The van der Waals surface area contributed by atoms with Crippen LogP contribution in [0.4, 0.5) is 0 Å². The van der Waals surface area contributed by atoms with Gasteiger partial charge >= 0.3 is 0 Å². The molecule has 2 amide bonds. The van der Waals surface area contributed by atoms with E-state index in [4.69, 9.17) is 9.47 Å². The van der Waals surface area contributed by atoms with Crippen LogP contribution >= 0.6 is 0 Å². The lowest BCUT2D eigenvalue weighted by Crippen LogP contribution is -2.47. The summed E-state index contributed by atoms with van der Waals surface area (Å²) in [6.07, 6.45) is -0.772. The van der Waals surface area contributed by atoms with Crippen LogP contribution in [-0.2, 0) is 4.79 Å². The molecule has 2 rings (SSSR count). The van der Waals surface area contributed by atoms with Gasteiger partial charge in [0.2, 0.25) is 0 Å². The molecule has 0 bridgehead atoms. The first-order chi connectivity index (χ1) is 12.9. The Morgan fingerprint density at radius 1 is 0.889 bits per heavy atom. The highest BCUT2D eigenvalue weighted by Gasteiger charge is 2.16. The van der Waals surface area contributed by atoms with Crippen molar-refractivity contribution in [2.45, 2.75) is 39.7 Å². The SMILES string of the molecule is CCOc1ccc(OC(C)C(=O)NNC(=O)c2ccc(C(C)C)cc2)cc1. The molecular formula is C21H26N2O4. The summed E-state index contributed by atoms with van der Waals surface area (Å²) < 4.78 is 10.9. The Hall–Kier alpha value is -3.02. The van der Waals surface area contributed by atoms with Crippen molar-refractivity contribution in [3.05, 3.63) is 59.7 Å². The van der Waals surface area contributed by atoms with Crippen molar-refractivity contribution >= 4 is 11.8 Å². The van der Waals surface area contributed by atoms with Crippen molar-refractivity contribution < 1.29 is 19.1 Å². The minimum atomic E-state index is -0.772. The van der Waals surface area contributed by atoms with E-state index in [1.807, 2.05) is 19.1 Å². The molecule has 1 unspecified atom stereocenters. The van der Waals surface area contributed by atoms with Crippen molar-refractivity contribution in [1.29, 1.82) is 0 Å². The zero-order valence-corrected chi connectivity index (χ0v) is 16.1. The first kappa shape index (κ1) is 20.3. The normalized spacial score (nSPS) is 11.6. The molecule has 144 valence electrons. The van der Waals surface area contributed by atoms with Crippen LogP contribution in [0.2, 0.25) is 0 Å². The lowest BCUT2D eigenvalue weighted by molar-refractivity contribution is -0.128. The molecule has 0 fully saturated rings. The van der Waals surface area contributed by atoms with Crippen LogP contribution in [0.15, 0.2) is 48.5 Å². The van der Waals surface area contributed by atoms with E-state index in [0.29, 0.717) is 23.8 Å². The number of carbonyl (C=O) groups excluding carboxylic acids is 2. The molecule has 0 aliphatic carbocycles. The summed E-state index contributed by atoms with van der Waals surface area (Å²) >= 11 is 0. The number of rotatable bonds is 7. The molecule has 0 spiro atoms. The van der Waals surface area contributed by atoms with Crippen molar-refractivity contribution in [3.8, 4) is 11.5 Å². The summed E-state index contributed by atoms with van der Waals surface area (Å²) in [6, 6.07) is 14.3. The first-order valence-electron chi connectivity index (χ1n) is 9.00. The quantitative estimate of drug-likeness (QED) is 0.732. The van der Waals surface area contributed by atoms with Gasteiger partial charge in [-0.25, -0.2) is 0 Å². The lowest BCUT2D eigenvalue weighted by Gasteiger charge is -2.15. The maximum Gasteiger partial charge on any atom is 0.279 e. The van der Waals surface area contributed by atoms with Gasteiger partial charge in [-0.15, -0.1) is 0 Å². The molecule has 2 aromatic rings. The molecule has 6 nitrogen and oxygen atoms in total. The summed E-state index contributed by atoms with van der Waals surface area (Å²) in [6.45, 7) is 8.26. The second kappa shape index (κ2) is 9.62. The van der Waals surface area contributed by atoms with Gasteiger partial charge in [0.25, 0.3) is 11.8 Å². The van der Waals surface area contributed by atoms with Gasteiger partial charge in [-0.3, -0.25) is 20.4 Å². The zero-order valence-electron chi connectivity index (χ0n) is 16.1. The van der Waals surface area contributed by atoms with Crippen LogP contribution in [0.3, 0.4) is 0 Å². The zero-order chi connectivity index (χ0) is 19.8. The fourth-order valence-electron chi connectivity index (χ4n) is 2.35. The standard InChI is InChI=1S/C21H26N2O4/c1-5-26-18-10-12-19(13-11-18)27-15(4)20(24)22-23-21(25)17-8-6-16(7-9-17)14(2)3/h6-15H,5H2,1-4H3,(H,22,24)(H,23,25). The number of ether oxygens (including phenoxy) is 2. The number of benzene rings is 2. The third kappa shape index (κ3) is 6.02. The Morgan fingerprint density at radius 2 is 1.48 bits per heavy atom. The Labute approximate surface area is 159 Å². The van der Waals surface area contributed by atoms with E-state index < -0.39 is 12.0 Å². The molecule has 0 saturated heterocycles. The van der Waals surface area contributed by atoms with Crippen molar-refractivity contribution in [2.24, 2.45) is 0 Å². The highest BCUT2D eigenvalue weighted by atomic mass is 16.5. The molecule has 0 aliphatic heterocycles. The molecular weight excluding hydrogens is 344 g/mol. The van der Waals surface area contributed by atoms with E-state index >= 15 is 0 Å². The first-order valence-corrected chi connectivity index (χ1v) is 9.00. The van der Waals surface area contributed by atoms with Gasteiger partial charge < -0.3 is 9.47 Å². The molecule has 0 saturated carbocycles. The third-order valence-corrected chi connectivity index (χ3v) is 3.96. The van der Waals surface area contributed by atoms with Crippen LogP contribution < -0.4 is 20.3 Å². The molecule has 1 atom stereocenters. The number of hydrogen-bond donors (Lipinski definition) is 2. The van der Waals surface area contributed by atoms with Gasteiger partial charge in [0, 0.05) is 5.56 Å². The van der Waals surface area contributed by atoms with Crippen LogP contribution in [-0.4, -0.2) is 24.5 Å². The van der Waals surface area contributed by atoms with Gasteiger partial charge in [0.05, 0.1) is 6.61 Å². The monoisotopic (exact) mass is 370 g/mol. The van der Waals surface area contributed by atoms with E-state index in [-0.39, 0.29) is 5.91 Å². The number of hydrazine groups is 1. The summed E-state index contributed by atoms with van der Waals surface area (Å²) in [5.41, 5.74) is 6.40. The number of nitrogens with one attached hydrogen (secondary N) is 2. The lowest BCUT2D eigenvalue weighted by atomic mass is 10.0. The van der Waals surface area contributed by atoms with Crippen LogP contribution in [0, 0.1) is 0 Å². The minimum Gasteiger partial charge on any atom is -0.494 e. The Kier molecular flexibility index (Phi) is 7.23. The number of carbonyl (C=O) groups is 2. The van der Waals surface area contributed by atoms with E-state index in [9.17, 15) is 9.59 Å². The van der Waals surface area contributed by atoms with Crippen molar-refractivity contribution in [2.75, 3.05) is 6.61 Å². The third-order valence-electron chi connectivity index (χ3n) is 3.96. The molecule has 0 radical (unpaired) electrons. The summed E-state index contributed by atoms with van der Waals surface area (Å²) in [4.78, 5) is 24.3. The van der Waals surface area contributed by atoms with Gasteiger partial charge in [0.15, 0.2) is 6.10 Å². The molecule has 2 N–H and O–H groups in total. The second-order valence-electron chi connectivity index (χ2n) is 6.38. The Morgan fingerprint density at radius 3 is 2.04 bits per heavy atom. The molecule has 6 heteroatoms. The fraction of sp³-hybridized carbons (Fsp3) is 0.333. The van der Waals surface area contributed by atoms with Crippen LogP contribution in [0.25, 0.3) is 0 Å². The predicted molar refractivity (Wildman–Crippen MR) is 104 cm³/mol. The number of amides is 2. The number of hydrogen-bond acceptors (Lipinski definition) is 4. The predicted octanol–water partition coefficient (Wildman–Crippen LogP) is 3.44. The van der Waals surface area contributed by atoms with E-state index in [0.717, 1.165) is 11.3 Å². The molecule has 0 aromatic heterocycles.